The van der Waals surface area contributed by atoms with E-state index in [9.17, 15) is 20.2 Å². The number of nitro benzene ring substituents is 2. The third-order valence-corrected chi connectivity index (χ3v) is 6.43. The lowest BCUT2D eigenvalue weighted by molar-refractivity contribution is -0.387. The van der Waals surface area contributed by atoms with Gasteiger partial charge in [0.2, 0.25) is 0 Å². The molecule has 1 unspecified atom stereocenters. The van der Waals surface area contributed by atoms with E-state index in [0.29, 0.717) is 0 Å². The molecule has 0 N–H and O–H groups in total. The van der Waals surface area contributed by atoms with Gasteiger partial charge in [-0.15, -0.1) is 0 Å². The molecule has 1 atom stereocenters. The number of benzene rings is 2. The summed E-state index contributed by atoms with van der Waals surface area (Å²) in [7, 11) is -0.163. The first kappa shape index (κ1) is 23.8. The first-order chi connectivity index (χ1) is 14.2. The molecule has 9 nitrogen and oxygen atoms in total. The lowest BCUT2D eigenvalue weighted by Crippen LogP contribution is -2.33. The molecule has 30 heavy (non-hydrogen) atoms. The maximum absolute atomic E-state index is 11.7. The lowest BCUT2D eigenvalue weighted by Gasteiger charge is -2.36. The highest BCUT2D eigenvalue weighted by atomic mass is 31.2. The van der Waals surface area contributed by atoms with Crippen molar-refractivity contribution in [3.05, 3.63) is 79.9 Å². The number of hydrogen-bond acceptors (Lipinski definition) is 7. The van der Waals surface area contributed by atoms with Crippen LogP contribution in [0.1, 0.15) is 44.9 Å². The fraction of sp³-hybridized carbons (Fsp3) is 0.400. The zero-order valence-electron chi connectivity index (χ0n) is 17.6. The van der Waals surface area contributed by atoms with Gasteiger partial charge in [0.15, 0.2) is 0 Å². The van der Waals surface area contributed by atoms with Crippen LogP contribution in [-0.4, -0.2) is 33.7 Å². The molecule has 162 valence electrons. The fourth-order valence-corrected chi connectivity index (χ4v) is 4.83. The van der Waals surface area contributed by atoms with E-state index in [4.69, 9.17) is 9.05 Å². The Labute approximate surface area is 176 Å². The molecule has 0 saturated heterocycles. The predicted molar refractivity (Wildman–Crippen MR) is 115 cm³/mol. The van der Waals surface area contributed by atoms with Crippen molar-refractivity contribution in [1.29, 1.82) is 0 Å². The quantitative estimate of drug-likeness (QED) is 0.271. The molecule has 2 rings (SSSR count). The summed E-state index contributed by atoms with van der Waals surface area (Å²) in [6, 6.07) is 12.3. The summed E-state index contributed by atoms with van der Waals surface area (Å²) >= 11 is 0. The van der Waals surface area contributed by atoms with Crippen LogP contribution in [0.4, 0.5) is 11.4 Å². The molecular formula is C20H26N3O6P. The summed E-state index contributed by atoms with van der Waals surface area (Å²) in [5.41, 5.74) is 0.113. The van der Waals surface area contributed by atoms with Crippen molar-refractivity contribution in [2.45, 2.75) is 45.9 Å². The lowest BCUT2D eigenvalue weighted by atomic mass is 9.98. The second-order valence-electron chi connectivity index (χ2n) is 7.11. The highest BCUT2D eigenvalue weighted by Gasteiger charge is 2.35. The first-order valence-electron chi connectivity index (χ1n) is 9.44. The van der Waals surface area contributed by atoms with E-state index in [-0.39, 0.29) is 34.6 Å². The summed E-state index contributed by atoms with van der Waals surface area (Å²) in [5, 5.41) is 23.3. The standard InChI is InChI=1S/C20H26N3O6P/c1-14(2)21(15(3)4)30(28-5)29-20(16-10-6-8-12-18(16)22(24)25)17-11-7-9-13-19(17)23(26)27/h6-15,20H,1-5H3. The molecule has 0 fully saturated rings. The topological polar surface area (TPSA) is 108 Å². The Kier molecular flexibility index (Phi) is 8.37. The van der Waals surface area contributed by atoms with Gasteiger partial charge in [0, 0.05) is 31.3 Å². The summed E-state index contributed by atoms with van der Waals surface area (Å²) in [5.74, 6) is 0. The van der Waals surface area contributed by atoms with Gasteiger partial charge in [-0.1, -0.05) is 24.3 Å². The van der Waals surface area contributed by atoms with Gasteiger partial charge in [0.1, 0.15) is 6.10 Å². The normalized spacial score (nSPS) is 12.7. The van der Waals surface area contributed by atoms with Gasteiger partial charge in [0.25, 0.3) is 19.9 Å². The Morgan fingerprint density at radius 3 is 1.57 bits per heavy atom. The largest absolute Gasteiger partial charge is 0.325 e. The van der Waals surface area contributed by atoms with E-state index in [1.165, 1.54) is 19.2 Å². The second-order valence-corrected chi connectivity index (χ2v) is 8.62. The molecule has 0 radical (unpaired) electrons. The highest BCUT2D eigenvalue weighted by Crippen LogP contribution is 2.52. The molecule has 0 aromatic heterocycles. The molecule has 0 aliphatic carbocycles. The van der Waals surface area contributed by atoms with Crippen LogP contribution >= 0.6 is 8.53 Å². The van der Waals surface area contributed by atoms with E-state index in [1.807, 2.05) is 32.4 Å². The molecule has 0 amide bonds. The van der Waals surface area contributed by atoms with Crippen molar-refractivity contribution >= 4 is 19.9 Å². The second kappa shape index (κ2) is 10.5. The van der Waals surface area contributed by atoms with Gasteiger partial charge < -0.3 is 9.05 Å². The molecule has 10 heteroatoms. The Morgan fingerprint density at radius 2 is 1.23 bits per heavy atom. The smallest absolute Gasteiger partial charge is 0.275 e. The molecule has 0 saturated carbocycles. The minimum atomic E-state index is -1.66. The SMILES string of the molecule is COP(OC(c1ccccc1[N+](=O)[O-])c1ccccc1[N+](=O)[O-])N(C(C)C)C(C)C. The summed E-state index contributed by atoms with van der Waals surface area (Å²) in [4.78, 5) is 22.3. The van der Waals surface area contributed by atoms with Crippen molar-refractivity contribution in [1.82, 2.24) is 4.67 Å². The monoisotopic (exact) mass is 435 g/mol. The van der Waals surface area contributed by atoms with Crippen LogP contribution in [0.5, 0.6) is 0 Å². The maximum Gasteiger partial charge on any atom is 0.275 e. The number of para-hydroxylation sites is 2. The van der Waals surface area contributed by atoms with Crippen molar-refractivity contribution in [2.24, 2.45) is 0 Å². The molecular weight excluding hydrogens is 409 g/mol. The average molecular weight is 435 g/mol. The van der Waals surface area contributed by atoms with Crippen LogP contribution in [0.2, 0.25) is 0 Å². The average Bonchev–Trinajstić information content (AvgIpc) is 2.70. The molecule has 2 aromatic rings. The molecule has 0 heterocycles. The summed E-state index contributed by atoms with van der Waals surface area (Å²) in [6.07, 6.45) is -1.06. The molecule has 0 bridgehead atoms. The first-order valence-corrected chi connectivity index (χ1v) is 10.6. The third-order valence-electron chi connectivity index (χ3n) is 4.43. The minimum Gasteiger partial charge on any atom is -0.325 e. The van der Waals surface area contributed by atoms with Crippen molar-refractivity contribution in [3.63, 3.8) is 0 Å². The number of nitro groups is 2. The van der Waals surface area contributed by atoms with Crippen LogP contribution in [0.25, 0.3) is 0 Å². The van der Waals surface area contributed by atoms with Gasteiger partial charge in [-0.05, 0) is 39.8 Å². The van der Waals surface area contributed by atoms with Gasteiger partial charge in [-0.2, -0.15) is 0 Å². The van der Waals surface area contributed by atoms with Crippen LogP contribution in [0.3, 0.4) is 0 Å². The molecule has 0 aliphatic rings. The van der Waals surface area contributed by atoms with Gasteiger partial charge >= 0.3 is 0 Å². The van der Waals surface area contributed by atoms with Gasteiger partial charge in [-0.3, -0.25) is 20.2 Å². The Balaban J connectivity index is 2.67. The van der Waals surface area contributed by atoms with E-state index < -0.39 is 24.5 Å². The molecule has 0 spiro atoms. The number of nitrogens with zero attached hydrogens (tertiary/aromatic N) is 3. The highest BCUT2D eigenvalue weighted by molar-refractivity contribution is 7.44. The van der Waals surface area contributed by atoms with Crippen LogP contribution < -0.4 is 0 Å². The van der Waals surface area contributed by atoms with Crippen molar-refractivity contribution < 1.29 is 18.9 Å². The van der Waals surface area contributed by atoms with E-state index in [1.54, 1.807) is 36.4 Å². The predicted octanol–water partition coefficient (Wildman–Crippen LogP) is 5.60. The Morgan fingerprint density at radius 1 is 0.833 bits per heavy atom. The Bertz CT molecular complexity index is 827. The van der Waals surface area contributed by atoms with Gasteiger partial charge in [-0.25, -0.2) is 4.67 Å². The van der Waals surface area contributed by atoms with E-state index in [2.05, 4.69) is 0 Å². The van der Waals surface area contributed by atoms with E-state index >= 15 is 0 Å². The van der Waals surface area contributed by atoms with Crippen LogP contribution in [0.15, 0.2) is 48.5 Å². The van der Waals surface area contributed by atoms with Crippen LogP contribution in [-0.2, 0) is 9.05 Å². The zero-order chi connectivity index (χ0) is 22.4. The third kappa shape index (κ3) is 5.37. The number of rotatable bonds is 10. The van der Waals surface area contributed by atoms with Gasteiger partial charge in [0.05, 0.1) is 21.0 Å². The minimum absolute atomic E-state index is 0.0632. The zero-order valence-corrected chi connectivity index (χ0v) is 18.5. The van der Waals surface area contributed by atoms with Crippen molar-refractivity contribution in [3.8, 4) is 0 Å². The fourth-order valence-electron chi connectivity index (χ4n) is 3.29. The van der Waals surface area contributed by atoms with E-state index in [0.717, 1.165) is 0 Å². The van der Waals surface area contributed by atoms with Crippen molar-refractivity contribution in [2.75, 3.05) is 7.11 Å². The number of hydrogen-bond donors (Lipinski definition) is 0. The Hall–Kier alpha value is -2.45. The summed E-state index contributed by atoms with van der Waals surface area (Å²) < 4.78 is 13.9. The molecule has 2 aromatic carbocycles. The maximum atomic E-state index is 11.7. The van der Waals surface area contributed by atoms with Crippen LogP contribution in [0, 0.1) is 20.2 Å². The summed E-state index contributed by atoms with van der Waals surface area (Å²) in [6.45, 7) is 7.95. The molecule has 0 aliphatic heterocycles.